The topological polar surface area (TPSA) is 24.9 Å². The molecule has 0 aromatic carbocycles. The van der Waals surface area contributed by atoms with E-state index in [4.69, 9.17) is 0 Å². The third kappa shape index (κ3) is 2.18. The second kappa shape index (κ2) is 4.73. The van der Waals surface area contributed by atoms with Crippen LogP contribution in [0, 0.1) is 0 Å². The molecule has 0 spiro atoms. The zero-order valence-electron chi connectivity index (χ0n) is 8.35. The first kappa shape index (κ1) is 10.6. The number of piperidine rings is 1. The van der Waals surface area contributed by atoms with E-state index in [1.54, 1.807) is 0 Å². The first-order valence-electron chi connectivity index (χ1n) is 5.17. The van der Waals surface area contributed by atoms with Crippen LogP contribution in [-0.2, 0) is 6.42 Å². The number of nitrogens with one attached hydrogen (secondary N) is 1. The van der Waals surface area contributed by atoms with Crippen molar-refractivity contribution in [1.29, 1.82) is 0 Å². The Balaban J connectivity index is 2.14. The number of aromatic nitrogens is 1. The van der Waals surface area contributed by atoms with E-state index in [9.17, 15) is 0 Å². The largest absolute Gasteiger partial charge is 0.316 e. The van der Waals surface area contributed by atoms with Crippen LogP contribution in [-0.4, -0.2) is 18.1 Å². The van der Waals surface area contributed by atoms with Gasteiger partial charge in [-0.2, -0.15) is 0 Å². The average Bonchev–Trinajstić information content (AvgIpc) is 2.61. The Morgan fingerprint density at radius 1 is 1.64 bits per heavy atom. The molecule has 2 rings (SSSR count). The molecule has 2 heterocycles. The molecule has 1 atom stereocenters. The quantitative estimate of drug-likeness (QED) is 0.897. The van der Waals surface area contributed by atoms with Crippen molar-refractivity contribution in [2.75, 3.05) is 13.1 Å². The lowest BCUT2D eigenvalue weighted by atomic mass is 10.0. The summed E-state index contributed by atoms with van der Waals surface area (Å²) in [5.41, 5.74) is 0. The molecule has 1 N–H and O–H groups in total. The van der Waals surface area contributed by atoms with Gasteiger partial charge in [-0.15, -0.1) is 11.3 Å². The number of hydrogen-bond acceptors (Lipinski definition) is 3. The molecule has 1 aromatic rings. The molecule has 0 radical (unpaired) electrons. The standard InChI is InChI=1S/C10H15BrN2S/c1-2-8-9(11)13-10(14-8)7-4-3-5-12-6-7/h7,12H,2-6H2,1H3. The van der Waals surface area contributed by atoms with Gasteiger partial charge in [-0.1, -0.05) is 6.92 Å². The van der Waals surface area contributed by atoms with Crippen molar-refractivity contribution >= 4 is 27.3 Å². The van der Waals surface area contributed by atoms with Crippen molar-refractivity contribution in [3.63, 3.8) is 0 Å². The van der Waals surface area contributed by atoms with E-state index < -0.39 is 0 Å². The van der Waals surface area contributed by atoms with Gasteiger partial charge >= 0.3 is 0 Å². The maximum absolute atomic E-state index is 4.60. The number of nitrogens with zero attached hydrogens (tertiary/aromatic N) is 1. The highest BCUT2D eigenvalue weighted by Crippen LogP contribution is 2.31. The summed E-state index contributed by atoms with van der Waals surface area (Å²) < 4.78 is 1.06. The van der Waals surface area contributed by atoms with E-state index in [0.29, 0.717) is 5.92 Å². The molecule has 1 fully saturated rings. The lowest BCUT2D eigenvalue weighted by molar-refractivity contribution is 0.460. The second-order valence-electron chi connectivity index (χ2n) is 3.66. The molecular formula is C10H15BrN2S. The summed E-state index contributed by atoms with van der Waals surface area (Å²) >= 11 is 5.39. The fourth-order valence-corrected chi connectivity index (χ4v) is 3.67. The minimum Gasteiger partial charge on any atom is -0.316 e. The van der Waals surface area contributed by atoms with Crippen LogP contribution in [0.2, 0.25) is 0 Å². The van der Waals surface area contributed by atoms with Gasteiger partial charge in [0.15, 0.2) is 0 Å². The molecule has 78 valence electrons. The van der Waals surface area contributed by atoms with Crippen LogP contribution in [0.1, 0.15) is 35.6 Å². The van der Waals surface area contributed by atoms with Crippen molar-refractivity contribution in [2.45, 2.75) is 32.1 Å². The van der Waals surface area contributed by atoms with Gasteiger partial charge in [0.05, 0.1) is 5.01 Å². The first-order chi connectivity index (χ1) is 6.81. The van der Waals surface area contributed by atoms with Crippen LogP contribution in [0.25, 0.3) is 0 Å². The zero-order valence-corrected chi connectivity index (χ0v) is 10.7. The maximum atomic E-state index is 4.60. The fraction of sp³-hybridized carbons (Fsp3) is 0.700. The molecule has 14 heavy (non-hydrogen) atoms. The van der Waals surface area contributed by atoms with Crippen LogP contribution in [0.5, 0.6) is 0 Å². The molecule has 4 heteroatoms. The molecule has 2 nitrogen and oxygen atoms in total. The molecule has 1 unspecified atom stereocenters. The van der Waals surface area contributed by atoms with Gasteiger partial charge in [0.2, 0.25) is 0 Å². The third-order valence-electron chi connectivity index (χ3n) is 2.63. The monoisotopic (exact) mass is 274 g/mol. The number of hydrogen-bond donors (Lipinski definition) is 1. The SMILES string of the molecule is CCc1sc(C2CCCNC2)nc1Br. The highest BCUT2D eigenvalue weighted by atomic mass is 79.9. The van der Waals surface area contributed by atoms with Gasteiger partial charge in [-0.05, 0) is 41.7 Å². The molecule has 1 aromatic heterocycles. The third-order valence-corrected chi connectivity index (χ3v) is 4.91. The minimum atomic E-state index is 0.644. The van der Waals surface area contributed by atoms with E-state index in [-0.39, 0.29) is 0 Å². The summed E-state index contributed by atoms with van der Waals surface area (Å²) in [5.74, 6) is 0.644. The molecule has 1 aliphatic rings. The van der Waals surface area contributed by atoms with E-state index in [1.807, 2.05) is 11.3 Å². The highest BCUT2D eigenvalue weighted by molar-refractivity contribution is 9.10. The highest BCUT2D eigenvalue weighted by Gasteiger charge is 2.19. The normalized spacial score (nSPS) is 22.6. The van der Waals surface area contributed by atoms with Crippen molar-refractivity contribution in [2.24, 2.45) is 0 Å². The summed E-state index contributed by atoms with van der Waals surface area (Å²) in [6.07, 6.45) is 3.65. The molecule has 1 aliphatic heterocycles. The zero-order chi connectivity index (χ0) is 9.97. The lowest BCUT2D eigenvalue weighted by Gasteiger charge is -2.20. The second-order valence-corrected chi connectivity index (χ2v) is 5.53. The maximum Gasteiger partial charge on any atom is 0.120 e. The van der Waals surface area contributed by atoms with E-state index in [2.05, 4.69) is 33.2 Å². The molecular weight excluding hydrogens is 260 g/mol. The first-order valence-corrected chi connectivity index (χ1v) is 6.78. The van der Waals surface area contributed by atoms with Crippen LogP contribution < -0.4 is 5.32 Å². The smallest absolute Gasteiger partial charge is 0.120 e. The van der Waals surface area contributed by atoms with Crippen molar-refractivity contribution in [1.82, 2.24) is 10.3 Å². The summed E-state index contributed by atoms with van der Waals surface area (Å²) in [7, 11) is 0. The van der Waals surface area contributed by atoms with Crippen molar-refractivity contribution in [3.8, 4) is 0 Å². The minimum absolute atomic E-state index is 0.644. The molecule has 0 amide bonds. The van der Waals surface area contributed by atoms with Crippen molar-refractivity contribution in [3.05, 3.63) is 14.5 Å². The van der Waals surface area contributed by atoms with Gasteiger partial charge in [0.25, 0.3) is 0 Å². The summed E-state index contributed by atoms with van der Waals surface area (Å²) in [5, 5.41) is 4.74. The van der Waals surface area contributed by atoms with Gasteiger partial charge in [0.1, 0.15) is 4.60 Å². The van der Waals surface area contributed by atoms with Gasteiger partial charge < -0.3 is 5.32 Å². The number of rotatable bonds is 2. The molecule has 0 bridgehead atoms. The number of aryl methyl sites for hydroxylation is 1. The van der Waals surface area contributed by atoms with E-state index >= 15 is 0 Å². The number of halogens is 1. The molecule has 1 saturated heterocycles. The van der Waals surface area contributed by atoms with Crippen LogP contribution in [0.4, 0.5) is 0 Å². The lowest BCUT2D eigenvalue weighted by Crippen LogP contribution is -2.28. The summed E-state index contributed by atoms with van der Waals surface area (Å²) in [6.45, 7) is 4.45. The van der Waals surface area contributed by atoms with Gasteiger partial charge in [-0.25, -0.2) is 4.98 Å². The average molecular weight is 275 g/mol. The molecule has 0 aliphatic carbocycles. The van der Waals surface area contributed by atoms with Crippen LogP contribution in [0.15, 0.2) is 4.60 Å². The Morgan fingerprint density at radius 2 is 2.50 bits per heavy atom. The Morgan fingerprint density at radius 3 is 3.07 bits per heavy atom. The Kier molecular flexibility index (Phi) is 3.57. The Bertz CT molecular complexity index is 305. The number of thiazole rings is 1. The summed E-state index contributed by atoms with van der Waals surface area (Å²) in [4.78, 5) is 5.98. The van der Waals surface area contributed by atoms with Crippen LogP contribution >= 0.6 is 27.3 Å². The van der Waals surface area contributed by atoms with Crippen LogP contribution in [0.3, 0.4) is 0 Å². The molecule has 0 saturated carbocycles. The van der Waals surface area contributed by atoms with E-state index in [1.165, 1.54) is 29.3 Å². The van der Waals surface area contributed by atoms with Gasteiger partial charge in [-0.3, -0.25) is 0 Å². The fourth-order valence-electron chi connectivity index (χ4n) is 1.81. The van der Waals surface area contributed by atoms with E-state index in [0.717, 1.165) is 17.6 Å². The Hall–Kier alpha value is 0.0700. The van der Waals surface area contributed by atoms with Crippen molar-refractivity contribution < 1.29 is 0 Å². The predicted molar refractivity (Wildman–Crippen MR) is 64.0 cm³/mol. The predicted octanol–water partition coefficient (Wildman–Crippen LogP) is 2.94. The Labute approximate surface area is 97.3 Å². The van der Waals surface area contributed by atoms with Gasteiger partial charge in [0, 0.05) is 17.3 Å². The summed E-state index contributed by atoms with van der Waals surface area (Å²) in [6, 6.07) is 0.